The van der Waals surface area contributed by atoms with E-state index in [1.165, 1.54) is 6.07 Å². The van der Waals surface area contributed by atoms with Gasteiger partial charge in [-0.1, -0.05) is 23.2 Å². The minimum atomic E-state index is -0.884. The highest BCUT2D eigenvalue weighted by atomic mass is 35.5. The molecule has 0 aromatic heterocycles. The lowest BCUT2D eigenvalue weighted by molar-refractivity contribution is -0.141. The number of aliphatic carboxylic acids is 1. The molecule has 1 N–H and O–H groups in total. The predicted octanol–water partition coefficient (Wildman–Crippen LogP) is 2.53. The molecule has 2 saturated heterocycles. The van der Waals surface area contributed by atoms with E-state index in [-0.39, 0.29) is 18.4 Å². The lowest BCUT2D eigenvalue weighted by atomic mass is 10.1. The third-order valence-electron chi connectivity index (χ3n) is 4.81. The van der Waals surface area contributed by atoms with E-state index in [4.69, 9.17) is 28.3 Å². The lowest BCUT2D eigenvalue weighted by Gasteiger charge is -2.28. The molecule has 1 aromatic carbocycles. The number of hydrogen-bond acceptors (Lipinski definition) is 3. The molecule has 0 aliphatic carbocycles. The smallest absolute Gasteiger partial charge is 0.308 e. The maximum absolute atomic E-state index is 12.8. The Morgan fingerprint density at radius 3 is 2.48 bits per heavy atom. The summed E-state index contributed by atoms with van der Waals surface area (Å²) in [5, 5.41) is 9.74. The summed E-state index contributed by atoms with van der Waals surface area (Å²) in [5.74, 6) is -1.84. The van der Waals surface area contributed by atoms with Crippen molar-refractivity contribution < 1.29 is 19.5 Å². The summed E-state index contributed by atoms with van der Waals surface area (Å²) in [6, 6.07) is 4.10. The number of carbonyl (C=O) groups is 3. The van der Waals surface area contributed by atoms with Crippen LogP contribution in [0.3, 0.4) is 0 Å². The van der Waals surface area contributed by atoms with Gasteiger partial charge in [0, 0.05) is 25.2 Å². The van der Waals surface area contributed by atoms with Crippen LogP contribution in [0.5, 0.6) is 0 Å². The summed E-state index contributed by atoms with van der Waals surface area (Å²) >= 11 is 11.9. The van der Waals surface area contributed by atoms with Gasteiger partial charge in [-0.15, -0.1) is 0 Å². The van der Waals surface area contributed by atoms with Crippen LogP contribution in [-0.4, -0.2) is 58.4 Å². The first-order valence-corrected chi connectivity index (χ1v) is 8.91. The zero-order chi connectivity index (χ0) is 18.1. The van der Waals surface area contributed by atoms with Gasteiger partial charge in [-0.2, -0.15) is 0 Å². The number of carboxylic acid groups (broad SMARTS) is 1. The minimum absolute atomic E-state index is 0.172. The van der Waals surface area contributed by atoms with Crippen LogP contribution in [0.1, 0.15) is 29.6 Å². The molecule has 2 atom stereocenters. The van der Waals surface area contributed by atoms with Gasteiger partial charge in [0.25, 0.3) is 5.91 Å². The van der Waals surface area contributed by atoms with Crippen LogP contribution in [0, 0.1) is 5.92 Å². The molecule has 2 unspecified atom stereocenters. The lowest BCUT2D eigenvalue weighted by Crippen LogP contribution is -2.47. The SMILES string of the molecule is O=C(O)C1CCN(C(=O)C2CCCN2C(=O)c2ccc(Cl)c(Cl)c2)C1. The van der Waals surface area contributed by atoms with Gasteiger partial charge in [0.15, 0.2) is 0 Å². The van der Waals surface area contributed by atoms with E-state index >= 15 is 0 Å². The Bertz CT molecular complexity index is 725. The highest BCUT2D eigenvalue weighted by molar-refractivity contribution is 6.42. The molecule has 2 amide bonds. The first kappa shape index (κ1) is 18.0. The van der Waals surface area contributed by atoms with E-state index < -0.39 is 17.9 Å². The van der Waals surface area contributed by atoms with Crippen LogP contribution in [0.15, 0.2) is 18.2 Å². The Kier molecular flexibility index (Phi) is 5.20. The summed E-state index contributed by atoms with van der Waals surface area (Å²) in [4.78, 5) is 39.7. The highest BCUT2D eigenvalue weighted by Crippen LogP contribution is 2.27. The van der Waals surface area contributed by atoms with Crippen molar-refractivity contribution in [1.29, 1.82) is 0 Å². The first-order chi connectivity index (χ1) is 11.9. The van der Waals surface area contributed by atoms with Gasteiger partial charge in [0.1, 0.15) is 6.04 Å². The molecular weight excluding hydrogens is 367 g/mol. The summed E-state index contributed by atoms with van der Waals surface area (Å²) < 4.78 is 0. The van der Waals surface area contributed by atoms with Gasteiger partial charge in [-0.25, -0.2) is 0 Å². The number of rotatable bonds is 3. The number of hydrogen-bond donors (Lipinski definition) is 1. The van der Waals surface area contributed by atoms with E-state index in [2.05, 4.69) is 0 Å². The average Bonchev–Trinajstić information content (AvgIpc) is 3.25. The van der Waals surface area contributed by atoms with E-state index in [1.807, 2.05) is 0 Å². The van der Waals surface area contributed by atoms with Gasteiger partial charge in [0.05, 0.1) is 16.0 Å². The molecule has 0 radical (unpaired) electrons. The van der Waals surface area contributed by atoms with E-state index in [0.29, 0.717) is 41.5 Å². The summed E-state index contributed by atoms with van der Waals surface area (Å²) in [6.45, 7) is 1.12. The van der Waals surface area contributed by atoms with Crippen molar-refractivity contribution in [1.82, 2.24) is 9.80 Å². The molecule has 0 spiro atoms. The molecule has 8 heteroatoms. The molecule has 2 heterocycles. The van der Waals surface area contributed by atoms with Crippen molar-refractivity contribution in [2.24, 2.45) is 5.92 Å². The fourth-order valence-electron chi connectivity index (χ4n) is 3.43. The molecule has 0 bridgehead atoms. The summed E-state index contributed by atoms with van der Waals surface area (Å²) in [5.41, 5.74) is 0.388. The van der Waals surface area contributed by atoms with Crippen LogP contribution in [0.25, 0.3) is 0 Å². The van der Waals surface area contributed by atoms with Crippen molar-refractivity contribution >= 4 is 41.0 Å². The zero-order valence-electron chi connectivity index (χ0n) is 13.5. The molecule has 1 aromatic rings. The van der Waals surface area contributed by atoms with Gasteiger partial charge in [-0.3, -0.25) is 14.4 Å². The van der Waals surface area contributed by atoms with Crippen molar-refractivity contribution in [3.63, 3.8) is 0 Å². The van der Waals surface area contributed by atoms with Crippen LogP contribution in [0.2, 0.25) is 10.0 Å². The molecule has 6 nitrogen and oxygen atoms in total. The largest absolute Gasteiger partial charge is 0.481 e. The molecule has 25 heavy (non-hydrogen) atoms. The van der Waals surface area contributed by atoms with E-state index in [0.717, 1.165) is 6.42 Å². The summed E-state index contributed by atoms with van der Waals surface area (Å²) in [6.07, 6.45) is 1.77. The minimum Gasteiger partial charge on any atom is -0.481 e. The topological polar surface area (TPSA) is 77.9 Å². The van der Waals surface area contributed by atoms with Crippen LogP contribution in [-0.2, 0) is 9.59 Å². The predicted molar refractivity (Wildman–Crippen MR) is 92.8 cm³/mol. The number of carbonyl (C=O) groups excluding carboxylic acids is 2. The maximum atomic E-state index is 12.8. The molecule has 2 aliphatic heterocycles. The quantitative estimate of drug-likeness (QED) is 0.868. The first-order valence-electron chi connectivity index (χ1n) is 8.16. The average molecular weight is 385 g/mol. The van der Waals surface area contributed by atoms with Crippen LogP contribution < -0.4 is 0 Å². The van der Waals surface area contributed by atoms with E-state index in [1.54, 1.807) is 21.9 Å². The summed E-state index contributed by atoms with van der Waals surface area (Å²) in [7, 11) is 0. The Hall–Kier alpha value is -1.79. The van der Waals surface area contributed by atoms with Crippen molar-refractivity contribution in [2.45, 2.75) is 25.3 Å². The Morgan fingerprint density at radius 2 is 1.84 bits per heavy atom. The molecule has 3 rings (SSSR count). The van der Waals surface area contributed by atoms with E-state index in [9.17, 15) is 14.4 Å². The third-order valence-corrected chi connectivity index (χ3v) is 5.55. The zero-order valence-corrected chi connectivity index (χ0v) is 15.0. The van der Waals surface area contributed by atoms with Crippen molar-refractivity contribution in [3.8, 4) is 0 Å². The number of carboxylic acids is 1. The molecule has 134 valence electrons. The molecular formula is C17H18Cl2N2O4. The van der Waals surface area contributed by atoms with Crippen molar-refractivity contribution in [2.75, 3.05) is 19.6 Å². The molecule has 0 saturated carbocycles. The fraction of sp³-hybridized carbons (Fsp3) is 0.471. The van der Waals surface area contributed by atoms with Crippen molar-refractivity contribution in [3.05, 3.63) is 33.8 Å². The number of nitrogens with zero attached hydrogens (tertiary/aromatic N) is 2. The second-order valence-corrected chi connectivity index (χ2v) is 7.21. The molecule has 2 fully saturated rings. The Balaban J connectivity index is 1.73. The van der Waals surface area contributed by atoms with Gasteiger partial charge < -0.3 is 14.9 Å². The number of amides is 2. The maximum Gasteiger partial charge on any atom is 0.308 e. The standard InChI is InChI=1S/C17H18Cl2N2O4/c18-12-4-3-10(8-13(12)19)15(22)21-6-1-2-14(21)16(23)20-7-5-11(9-20)17(24)25/h3-4,8,11,14H,1-2,5-7,9H2,(H,24,25). The van der Waals surface area contributed by atoms with Gasteiger partial charge in [0.2, 0.25) is 5.91 Å². The van der Waals surface area contributed by atoms with Gasteiger partial charge in [-0.05, 0) is 37.5 Å². The van der Waals surface area contributed by atoms with Crippen LogP contribution >= 0.6 is 23.2 Å². The normalized spacial score (nSPS) is 23.1. The van der Waals surface area contributed by atoms with Crippen LogP contribution in [0.4, 0.5) is 0 Å². The van der Waals surface area contributed by atoms with Gasteiger partial charge >= 0.3 is 5.97 Å². The second-order valence-electron chi connectivity index (χ2n) is 6.39. The number of benzene rings is 1. The monoisotopic (exact) mass is 384 g/mol. The highest BCUT2D eigenvalue weighted by Gasteiger charge is 2.40. The Morgan fingerprint density at radius 1 is 1.08 bits per heavy atom. The second kappa shape index (κ2) is 7.22. The Labute approximate surface area is 155 Å². The number of halogens is 2. The molecule has 2 aliphatic rings. The number of likely N-dealkylation sites (tertiary alicyclic amines) is 2. The third kappa shape index (κ3) is 3.60. The fourth-order valence-corrected chi connectivity index (χ4v) is 3.73.